The third kappa shape index (κ3) is 3.06. The second-order valence-corrected chi connectivity index (χ2v) is 7.95. The number of anilines is 1. The van der Waals surface area contributed by atoms with E-state index < -0.39 is 0 Å². The van der Waals surface area contributed by atoms with Gasteiger partial charge >= 0.3 is 0 Å². The Hall–Kier alpha value is -2.93. The van der Waals surface area contributed by atoms with Crippen LogP contribution in [0.1, 0.15) is 71.5 Å². The van der Waals surface area contributed by atoms with E-state index in [0.29, 0.717) is 42.7 Å². The molecule has 1 aliphatic carbocycles. The van der Waals surface area contributed by atoms with E-state index in [4.69, 9.17) is 10.5 Å². The van der Waals surface area contributed by atoms with E-state index in [9.17, 15) is 4.79 Å². The number of amides is 1. The molecule has 1 amide bonds. The van der Waals surface area contributed by atoms with E-state index in [1.807, 2.05) is 31.0 Å². The molecule has 1 aliphatic heterocycles. The molecule has 0 bridgehead atoms. The molecule has 2 aliphatic rings. The predicted octanol–water partition coefficient (Wildman–Crippen LogP) is 3.67. The smallest absolute Gasteiger partial charge is 0.270 e. The second-order valence-electron chi connectivity index (χ2n) is 7.95. The highest BCUT2D eigenvalue weighted by Gasteiger charge is 2.27. The highest BCUT2D eigenvalue weighted by atomic mass is 16.5. The van der Waals surface area contributed by atoms with Crippen molar-refractivity contribution < 1.29 is 9.53 Å². The lowest BCUT2D eigenvalue weighted by atomic mass is 10.1. The fourth-order valence-corrected chi connectivity index (χ4v) is 4.19. The molecule has 3 aromatic heterocycles. The van der Waals surface area contributed by atoms with Crippen LogP contribution in [0.4, 0.5) is 5.82 Å². The van der Waals surface area contributed by atoms with Crippen molar-refractivity contribution in [3.05, 3.63) is 52.5 Å². The van der Waals surface area contributed by atoms with Gasteiger partial charge in [0.15, 0.2) is 0 Å². The van der Waals surface area contributed by atoms with Crippen LogP contribution in [-0.4, -0.2) is 32.3 Å². The summed E-state index contributed by atoms with van der Waals surface area (Å²) in [6.07, 6.45) is 4.47. The molecule has 4 heterocycles. The van der Waals surface area contributed by atoms with Crippen LogP contribution >= 0.6 is 0 Å². The van der Waals surface area contributed by atoms with Crippen LogP contribution in [0.5, 0.6) is 0 Å². The monoisotopic (exact) mass is 391 g/mol. The van der Waals surface area contributed by atoms with Gasteiger partial charge in [-0.3, -0.25) is 9.78 Å². The Morgan fingerprint density at radius 3 is 2.83 bits per heavy atom. The Kier molecular flexibility index (Phi) is 4.28. The number of hydrogen-bond acceptors (Lipinski definition) is 5. The van der Waals surface area contributed by atoms with E-state index >= 15 is 0 Å². The average Bonchev–Trinajstić information content (AvgIpc) is 3.29. The van der Waals surface area contributed by atoms with Crippen molar-refractivity contribution in [2.24, 2.45) is 0 Å². The number of H-pyrrole nitrogens is 1. The Labute approximate surface area is 169 Å². The predicted molar refractivity (Wildman–Crippen MR) is 110 cm³/mol. The van der Waals surface area contributed by atoms with Gasteiger partial charge in [0.25, 0.3) is 5.91 Å². The molecule has 150 valence electrons. The summed E-state index contributed by atoms with van der Waals surface area (Å²) in [4.78, 5) is 27.5. The van der Waals surface area contributed by atoms with Crippen LogP contribution in [0.3, 0.4) is 0 Å². The summed E-state index contributed by atoms with van der Waals surface area (Å²) in [6.45, 7) is 5.53. The minimum atomic E-state index is -0.126. The molecule has 3 aromatic rings. The lowest BCUT2D eigenvalue weighted by molar-refractivity contribution is 0.0694. The number of nitrogens with two attached hydrogens (primary N) is 1. The van der Waals surface area contributed by atoms with Crippen LogP contribution in [0.25, 0.3) is 11.0 Å². The van der Waals surface area contributed by atoms with Gasteiger partial charge < -0.3 is 20.4 Å². The molecule has 0 aromatic carbocycles. The molecule has 1 fully saturated rings. The molecule has 1 saturated carbocycles. The van der Waals surface area contributed by atoms with Crippen molar-refractivity contribution in [3.63, 3.8) is 0 Å². The number of nitrogens with one attached hydrogen (secondary N) is 1. The van der Waals surface area contributed by atoms with E-state index in [1.165, 1.54) is 18.4 Å². The summed E-state index contributed by atoms with van der Waals surface area (Å²) in [6, 6.07) is 5.85. The van der Waals surface area contributed by atoms with Gasteiger partial charge in [-0.05, 0) is 50.3 Å². The van der Waals surface area contributed by atoms with Crippen molar-refractivity contribution in [2.75, 3.05) is 12.3 Å². The first-order chi connectivity index (χ1) is 14.1. The highest BCUT2D eigenvalue weighted by molar-refractivity contribution is 5.98. The van der Waals surface area contributed by atoms with Crippen molar-refractivity contribution in [3.8, 4) is 0 Å². The van der Waals surface area contributed by atoms with Gasteiger partial charge in [0.1, 0.15) is 11.5 Å². The number of ether oxygens (including phenoxy) is 1. The van der Waals surface area contributed by atoms with Gasteiger partial charge in [-0.2, -0.15) is 0 Å². The van der Waals surface area contributed by atoms with Gasteiger partial charge in [-0.15, -0.1) is 0 Å². The molecular weight excluding hydrogens is 366 g/mol. The van der Waals surface area contributed by atoms with Gasteiger partial charge in [-0.25, -0.2) is 4.98 Å². The summed E-state index contributed by atoms with van der Waals surface area (Å²) in [5.41, 5.74) is 12.2. The zero-order valence-corrected chi connectivity index (χ0v) is 16.7. The second kappa shape index (κ2) is 6.84. The summed E-state index contributed by atoms with van der Waals surface area (Å²) in [5, 5.41) is 0. The molecule has 0 spiro atoms. The number of pyridine rings is 2. The quantitative estimate of drug-likeness (QED) is 0.692. The maximum atomic E-state index is 13.3. The number of hydrogen-bond donors (Lipinski definition) is 2. The van der Waals surface area contributed by atoms with Crippen LogP contribution < -0.4 is 5.73 Å². The first-order valence-corrected chi connectivity index (χ1v) is 10.2. The van der Waals surface area contributed by atoms with E-state index in [-0.39, 0.29) is 11.9 Å². The fraction of sp³-hybridized carbons (Fsp3) is 0.409. The number of carbonyl (C=O) groups is 1. The SMILES string of the molecule is CCN(C(=O)c1cc2nc(N)c3c(c2[nH]1)COC3)[C@@H](C)c1ccc(C2CC2)cn1. The molecule has 3 N–H and O–H groups in total. The van der Waals surface area contributed by atoms with E-state index in [1.54, 1.807) is 6.07 Å². The molecule has 29 heavy (non-hydrogen) atoms. The number of nitrogens with zero attached hydrogens (tertiary/aromatic N) is 3. The standard InChI is InChI=1S/C22H25N5O2/c1-3-27(12(2)17-7-6-14(9-24-17)13-4-5-13)22(28)19-8-18-20(25-19)15-10-29-11-16(15)21(23)26-18/h6-9,12-13,25H,3-5,10-11H2,1-2H3,(H2,23,26)/t12-/m0/s1. The first-order valence-electron chi connectivity index (χ1n) is 10.2. The lowest BCUT2D eigenvalue weighted by Crippen LogP contribution is -2.34. The number of aromatic amines is 1. The van der Waals surface area contributed by atoms with Gasteiger partial charge in [0, 0.05) is 23.9 Å². The number of rotatable bonds is 5. The number of carbonyl (C=O) groups excluding carboxylic acids is 1. The fourth-order valence-electron chi connectivity index (χ4n) is 4.19. The Bertz CT molecular complexity index is 1080. The average molecular weight is 391 g/mol. The van der Waals surface area contributed by atoms with Gasteiger partial charge in [-0.1, -0.05) is 6.07 Å². The molecule has 0 unspecified atom stereocenters. The molecule has 7 heteroatoms. The topological polar surface area (TPSA) is 97.1 Å². The molecule has 0 saturated heterocycles. The van der Waals surface area contributed by atoms with Crippen LogP contribution in [0.2, 0.25) is 0 Å². The zero-order valence-electron chi connectivity index (χ0n) is 16.7. The van der Waals surface area contributed by atoms with Crippen LogP contribution in [0.15, 0.2) is 24.4 Å². The maximum absolute atomic E-state index is 13.3. The Morgan fingerprint density at radius 1 is 1.34 bits per heavy atom. The summed E-state index contributed by atoms with van der Waals surface area (Å²) < 4.78 is 5.53. The summed E-state index contributed by atoms with van der Waals surface area (Å²) >= 11 is 0. The number of aromatic nitrogens is 3. The highest BCUT2D eigenvalue weighted by Crippen LogP contribution is 2.40. The zero-order chi connectivity index (χ0) is 20.1. The molecule has 0 radical (unpaired) electrons. The Balaban J connectivity index is 1.44. The first kappa shape index (κ1) is 18.1. The van der Waals surface area contributed by atoms with Crippen LogP contribution in [-0.2, 0) is 18.0 Å². The minimum absolute atomic E-state index is 0.0719. The van der Waals surface area contributed by atoms with E-state index in [2.05, 4.69) is 21.0 Å². The molecule has 5 rings (SSSR count). The normalized spacial score (nSPS) is 16.8. The molecular formula is C22H25N5O2. The number of fused-ring (bicyclic) bond motifs is 3. The van der Waals surface area contributed by atoms with Crippen LogP contribution in [0, 0.1) is 0 Å². The Morgan fingerprint density at radius 2 is 2.14 bits per heavy atom. The van der Waals surface area contributed by atoms with Crippen molar-refractivity contribution in [1.29, 1.82) is 0 Å². The minimum Gasteiger partial charge on any atom is -0.383 e. The van der Waals surface area contributed by atoms with Crippen molar-refractivity contribution in [1.82, 2.24) is 19.9 Å². The number of nitrogen functional groups attached to an aromatic ring is 1. The summed E-state index contributed by atoms with van der Waals surface area (Å²) in [5.74, 6) is 1.08. The third-order valence-electron chi connectivity index (χ3n) is 6.09. The van der Waals surface area contributed by atoms with Crippen molar-refractivity contribution in [2.45, 2.75) is 51.9 Å². The lowest BCUT2D eigenvalue weighted by Gasteiger charge is -2.27. The maximum Gasteiger partial charge on any atom is 0.270 e. The largest absolute Gasteiger partial charge is 0.383 e. The van der Waals surface area contributed by atoms with E-state index in [0.717, 1.165) is 22.3 Å². The molecule has 7 nitrogen and oxygen atoms in total. The summed E-state index contributed by atoms with van der Waals surface area (Å²) in [7, 11) is 0. The third-order valence-corrected chi connectivity index (χ3v) is 6.09. The van der Waals surface area contributed by atoms with Gasteiger partial charge in [0.05, 0.1) is 36.0 Å². The molecule has 1 atom stereocenters. The van der Waals surface area contributed by atoms with Gasteiger partial charge in [0.2, 0.25) is 0 Å². The van der Waals surface area contributed by atoms with Crippen molar-refractivity contribution >= 4 is 22.8 Å².